The van der Waals surface area contributed by atoms with Crippen molar-refractivity contribution in [2.24, 2.45) is 17.7 Å². The lowest BCUT2D eigenvalue weighted by molar-refractivity contribution is 0.228. The third-order valence-electron chi connectivity index (χ3n) is 5.32. The minimum atomic E-state index is 0.546. The Balaban J connectivity index is 1.70. The highest BCUT2D eigenvalue weighted by Gasteiger charge is 2.27. The molecule has 0 aromatic heterocycles. The Morgan fingerprint density at radius 1 is 1.05 bits per heavy atom. The van der Waals surface area contributed by atoms with Crippen LogP contribution in [0.1, 0.15) is 71.1 Å². The normalized spacial score (nSPS) is 31.3. The van der Waals surface area contributed by atoms with Gasteiger partial charge in [0.05, 0.1) is 0 Å². The molecular formula is C16H32N2S. The highest BCUT2D eigenvalue weighted by molar-refractivity contribution is 7.99. The number of thioether (sulfide) groups is 1. The molecule has 19 heavy (non-hydrogen) atoms. The predicted octanol–water partition coefficient (Wildman–Crippen LogP) is 4.10. The summed E-state index contributed by atoms with van der Waals surface area (Å²) in [4.78, 5) is 0. The molecule has 2 aliphatic rings. The molecular weight excluding hydrogens is 252 g/mol. The first-order valence-corrected chi connectivity index (χ1v) is 9.46. The smallest absolute Gasteiger partial charge is 0.0329 e. The molecule has 2 rings (SSSR count). The summed E-state index contributed by atoms with van der Waals surface area (Å²) in [5.41, 5.74) is 3.12. The van der Waals surface area contributed by atoms with Crippen molar-refractivity contribution in [1.82, 2.24) is 5.43 Å². The maximum absolute atomic E-state index is 5.82. The zero-order valence-corrected chi connectivity index (χ0v) is 13.4. The van der Waals surface area contributed by atoms with Crippen LogP contribution < -0.4 is 11.3 Å². The molecule has 0 spiro atoms. The van der Waals surface area contributed by atoms with Gasteiger partial charge in [0.15, 0.2) is 0 Å². The summed E-state index contributed by atoms with van der Waals surface area (Å²) in [6.07, 6.45) is 14.2. The van der Waals surface area contributed by atoms with Gasteiger partial charge in [-0.3, -0.25) is 11.3 Å². The highest BCUT2D eigenvalue weighted by atomic mass is 32.2. The first kappa shape index (κ1) is 15.7. The number of rotatable bonds is 6. The van der Waals surface area contributed by atoms with E-state index in [2.05, 4.69) is 24.1 Å². The fourth-order valence-electron chi connectivity index (χ4n) is 3.79. The molecule has 2 saturated carbocycles. The molecule has 1 unspecified atom stereocenters. The number of nitrogens with one attached hydrogen (secondary N) is 1. The van der Waals surface area contributed by atoms with Crippen LogP contribution in [0, 0.1) is 11.8 Å². The standard InChI is InChI=1S/C16H32N2S/c1-2-13-8-10-14(11-9-13)16(18-17)12-19-15-6-4-3-5-7-15/h13-16,18H,2-12,17H2,1H3. The molecule has 2 aliphatic carbocycles. The van der Waals surface area contributed by atoms with Gasteiger partial charge in [-0.1, -0.05) is 45.4 Å². The lowest BCUT2D eigenvalue weighted by Crippen LogP contribution is -2.44. The van der Waals surface area contributed by atoms with E-state index in [1.165, 1.54) is 70.0 Å². The van der Waals surface area contributed by atoms with Crippen LogP contribution in [0.15, 0.2) is 0 Å². The lowest BCUT2D eigenvalue weighted by Gasteiger charge is -2.34. The van der Waals surface area contributed by atoms with Crippen LogP contribution in [0.3, 0.4) is 0 Å². The number of hydrazine groups is 1. The molecule has 0 saturated heterocycles. The summed E-state index contributed by atoms with van der Waals surface area (Å²) < 4.78 is 0. The molecule has 0 amide bonds. The molecule has 0 aromatic carbocycles. The second kappa shape index (κ2) is 8.53. The molecule has 2 fully saturated rings. The topological polar surface area (TPSA) is 38.0 Å². The summed E-state index contributed by atoms with van der Waals surface area (Å²) in [5.74, 6) is 8.86. The van der Waals surface area contributed by atoms with Gasteiger partial charge in [0, 0.05) is 17.0 Å². The van der Waals surface area contributed by atoms with Crippen molar-refractivity contribution in [3.05, 3.63) is 0 Å². The lowest BCUT2D eigenvalue weighted by atomic mass is 9.78. The largest absolute Gasteiger partial charge is 0.271 e. The van der Waals surface area contributed by atoms with E-state index in [9.17, 15) is 0 Å². The SMILES string of the molecule is CCC1CCC(C(CSC2CCCCC2)NN)CC1. The van der Waals surface area contributed by atoms with Gasteiger partial charge in [0.2, 0.25) is 0 Å². The Morgan fingerprint density at radius 2 is 1.74 bits per heavy atom. The monoisotopic (exact) mass is 284 g/mol. The third-order valence-corrected chi connectivity index (χ3v) is 6.81. The summed E-state index contributed by atoms with van der Waals surface area (Å²) in [7, 11) is 0. The molecule has 3 heteroatoms. The Hall–Kier alpha value is 0.270. The Morgan fingerprint density at radius 3 is 2.32 bits per heavy atom. The van der Waals surface area contributed by atoms with E-state index in [1.54, 1.807) is 0 Å². The van der Waals surface area contributed by atoms with Gasteiger partial charge in [0.25, 0.3) is 0 Å². The van der Waals surface area contributed by atoms with Crippen LogP contribution in [0.5, 0.6) is 0 Å². The Labute approximate surface area is 123 Å². The van der Waals surface area contributed by atoms with Crippen molar-refractivity contribution in [1.29, 1.82) is 0 Å². The van der Waals surface area contributed by atoms with Gasteiger partial charge in [-0.25, -0.2) is 0 Å². The minimum absolute atomic E-state index is 0.546. The average Bonchev–Trinajstić information content (AvgIpc) is 2.49. The predicted molar refractivity (Wildman–Crippen MR) is 86.2 cm³/mol. The Kier molecular flexibility index (Phi) is 7.03. The second-order valence-electron chi connectivity index (χ2n) is 6.56. The third kappa shape index (κ3) is 4.95. The minimum Gasteiger partial charge on any atom is -0.271 e. The van der Waals surface area contributed by atoms with Gasteiger partial charge >= 0.3 is 0 Å². The van der Waals surface area contributed by atoms with Gasteiger partial charge < -0.3 is 0 Å². The molecule has 1 atom stereocenters. The van der Waals surface area contributed by atoms with E-state index in [4.69, 9.17) is 5.84 Å². The molecule has 0 aliphatic heterocycles. The molecule has 0 bridgehead atoms. The summed E-state index contributed by atoms with van der Waals surface area (Å²) in [6, 6.07) is 0.546. The van der Waals surface area contributed by atoms with Crippen LogP contribution in [-0.2, 0) is 0 Å². The van der Waals surface area contributed by atoms with E-state index >= 15 is 0 Å². The molecule has 2 nitrogen and oxygen atoms in total. The quantitative estimate of drug-likeness (QED) is 0.569. The molecule has 0 heterocycles. The van der Waals surface area contributed by atoms with Crippen molar-refractivity contribution in [3.8, 4) is 0 Å². The summed E-state index contributed by atoms with van der Waals surface area (Å²) in [5, 5.41) is 0.914. The molecule has 112 valence electrons. The summed E-state index contributed by atoms with van der Waals surface area (Å²) in [6.45, 7) is 2.34. The van der Waals surface area contributed by atoms with Gasteiger partial charge in [-0.2, -0.15) is 11.8 Å². The molecule has 0 aromatic rings. The zero-order chi connectivity index (χ0) is 13.5. The number of hydrogen-bond acceptors (Lipinski definition) is 3. The highest BCUT2D eigenvalue weighted by Crippen LogP contribution is 2.35. The second-order valence-corrected chi connectivity index (χ2v) is 7.89. The summed E-state index contributed by atoms with van der Waals surface area (Å²) >= 11 is 2.19. The van der Waals surface area contributed by atoms with Gasteiger partial charge in [0.1, 0.15) is 0 Å². The van der Waals surface area contributed by atoms with E-state index in [0.717, 1.165) is 17.1 Å². The van der Waals surface area contributed by atoms with Gasteiger partial charge in [-0.05, 0) is 37.5 Å². The average molecular weight is 285 g/mol. The van der Waals surface area contributed by atoms with E-state index in [1.807, 2.05) is 0 Å². The van der Waals surface area contributed by atoms with Crippen molar-refractivity contribution in [2.45, 2.75) is 82.4 Å². The van der Waals surface area contributed by atoms with Crippen molar-refractivity contribution in [2.75, 3.05) is 5.75 Å². The van der Waals surface area contributed by atoms with E-state index < -0.39 is 0 Å². The molecule has 0 radical (unpaired) electrons. The number of nitrogens with two attached hydrogens (primary N) is 1. The fraction of sp³-hybridized carbons (Fsp3) is 1.00. The maximum atomic E-state index is 5.82. The molecule has 3 N–H and O–H groups in total. The van der Waals surface area contributed by atoms with Crippen LogP contribution in [0.4, 0.5) is 0 Å². The Bertz CT molecular complexity index is 233. The van der Waals surface area contributed by atoms with Crippen LogP contribution >= 0.6 is 11.8 Å². The number of hydrogen-bond donors (Lipinski definition) is 2. The van der Waals surface area contributed by atoms with Gasteiger partial charge in [-0.15, -0.1) is 0 Å². The first-order chi connectivity index (χ1) is 9.33. The van der Waals surface area contributed by atoms with Crippen molar-refractivity contribution in [3.63, 3.8) is 0 Å². The maximum Gasteiger partial charge on any atom is 0.0329 e. The first-order valence-electron chi connectivity index (χ1n) is 8.41. The van der Waals surface area contributed by atoms with Crippen LogP contribution in [0.25, 0.3) is 0 Å². The van der Waals surface area contributed by atoms with Crippen molar-refractivity contribution >= 4 is 11.8 Å². The zero-order valence-electron chi connectivity index (χ0n) is 12.6. The van der Waals surface area contributed by atoms with E-state index in [0.29, 0.717) is 6.04 Å². The van der Waals surface area contributed by atoms with Crippen molar-refractivity contribution < 1.29 is 0 Å². The van der Waals surface area contributed by atoms with E-state index in [-0.39, 0.29) is 0 Å². The van der Waals surface area contributed by atoms with Crippen LogP contribution in [0.2, 0.25) is 0 Å². The van der Waals surface area contributed by atoms with Crippen LogP contribution in [-0.4, -0.2) is 17.0 Å². The fourth-order valence-corrected chi connectivity index (χ4v) is 5.31.